The maximum atomic E-state index is 12.5. The number of thioether (sulfide) groups is 1. The minimum absolute atomic E-state index is 0.146. The number of aromatic amines is 1. The number of rotatable bonds is 4. The summed E-state index contributed by atoms with van der Waals surface area (Å²) in [5, 5.41) is 0.598. The summed E-state index contributed by atoms with van der Waals surface area (Å²) in [6, 6.07) is 18.1. The number of para-hydroxylation sites is 1. The lowest BCUT2D eigenvalue weighted by Gasteiger charge is -2.05. The number of hydrogen-bond donors (Lipinski definition) is 1. The highest BCUT2D eigenvalue weighted by atomic mass is 32.2. The van der Waals surface area contributed by atoms with Gasteiger partial charge >= 0.3 is 0 Å². The first kappa shape index (κ1) is 17.2. The summed E-state index contributed by atoms with van der Waals surface area (Å²) in [4.78, 5) is 20.0. The van der Waals surface area contributed by atoms with Crippen molar-refractivity contribution in [3.63, 3.8) is 0 Å². The molecule has 0 atom stereocenters. The maximum Gasteiger partial charge on any atom is 0.271 e. The van der Waals surface area contributed by atoms with Crippen molar-refractivity contribution in [1.82, 2.24) is 14.5 Å². The van der Waals surface area contributed by atoms with E-state index in [0.29, 0.717) is 19.5 Å². The van der Waals surface area contributed by atoms with Crippen molar-refractivity contribution in [3.8, 4) is 5.69 Å². The molecule has 130 valence electrons. The molecule has 2 heterocycles. The number of fused-ring (bicyclic) bond motifs is 1. The van der Waals surface area contributed by atoms with Crippen LogP contribution in [0.1, 0.15) is 11.1 Å². The summed E-state index contributed by atoms with van der Waals surface area (Å²) in [6.45, 7) is 2.06. The summed E-state index contributed by atoms with van der Waals surface area (Å²) >= 11 is 8.27. The predicted octanol–water partition coefficient (Wildman–Crippen LogP) is 5.11. The molecule has 0 aliphatic heterocycles. The Morgan fingerprint density at radius 3 is 2.62 bits per heavy atom. The van der Waals surface area contributed by atoms with E-state index in [9.17, 15) is 4.79 Å². The van der Waals surface area contributed by atoms with Gasteiger partial charge in [-0.1, -0.05) is 71.1 Å². The fraction of sp³-hybridized carbons (Fsp3) is 0.105. The summed E-state index contributed by atoms with van der Waals surface area (Å²) in [7, 11) is 0. The molecule has 0 amide bonds. The van der Waals surface area contributed by atoms with Gasteiger partial charge < -0.3 is 4.98 Å². The summed E-state index contributed by atoms with van der Waals surface area (Å²) < 4.78 is 3.03. The normalized spacial score (nSPS) is 11.1. The van der Waals surface area contributed by atoms with Gasteiger partial charge in [-0.05, 0) is 36.8 Å². The second-order valence-corrected chi connectivity index (χ2v) is 8.45. The third-order valence-corrected chi connectivity index (χ3v) is 6.24. The summed E-state index contributed by atoms with van der Waals surface area (Å²) in [5.41, 5.74) is 3.80. The van der Waals surface area contributed by atoms with E-state index in [4.69, 9.17) is 12.2 Å². The minimum atomic E-state index is -0.146. The molecule has 0 unspecified atom stereocenters. The Balaban J connectivity index is 1.74. The van der Waals surface area contributed by atoms with Crippen LogP contribution in [0.5, 0.6) is 0 Å². The third-order valence-electron chi connectivity index (χ3n) is 3.93. The molecular weight excluding hydrogens is 382 g/mol. The van der Waals surface area contributed by atoms with Gasteiger partial charge in [-0.3, -0.25) is 9.36 Å². The van der Waals surface area contributed by atoms with E-state index in [-0.39, 0.29) is 5.56 Å². The fourth-order valence-corrected chi connectivity index (χ4v) is 4.69. The van der Waals surface area contributed by atoms with Gasteiger partial charge in [0.1, 0.15) is 4.70 Å². The SMILES string of the molecule is Cc1ccc(CSc2nc3c(sc(=S)n3-c3ccccc3)c(=O)[nH]2)cc1. The molecule has 4 nitrogen and oxygen atoms in total. The average molecular weight is 398 g/mol. The Bertz CT molecular complexity index is 1170. The lowest BCUT2D eigenvalue weighted by atomic mass is 10.2. The standard InChI is InChI=1S/C19H15N3OS3/c1-12-7-9-13(10-8-12)11-25-18-20-16-15(17(23)21-18)26-19(24)22(16)14-5-3-2-4-6-14/h2-10H,11H2,1H3,(H,20,21,23). The van der Waals surface area contributed by atoms with E-state index >= 15 is 0 Å². The van der Waals surface area contributed by atoms with Crippen molar-refractivity contribution in [1.29, 1.82) is 0 Å². The van der Waals surface area contributed by atoms with Crippen molar-refractivity contribution >= 4 is 45.7 Å². The molecule has 0 bridgehead atoms. The Labute approximate surface area is 163 Å². The largest absolute Gasteiger partial charge is 0.300 e. The number of nitrogens with one attached hydrogen (secondary N) is 1. The molecule has 2 aromatic carbocycles. The molecule has 7 heteroatoms. The zero-order valence-corrected chi connectivity index (χ0v) is 16.4. The quantitative estimate of drug-likeness (QED) is 0.295. The predicted molar refractivity (Wildman–Crippen MR) is 111 cm³/mol. The molecule has 0 saturated heterocycles. The van der Waals surface area contributed by atoms with E-state index in [1.54, 1.807) is 0 Å². The van der Waals surface area contributed by atoms with Gasteiger partial charge in [-0.25, -0.2) is 4.98 Å². The van der Waals surface area contributed by atoms with E-state index < -0.39 is 0 Å². The van der Waals surface area contributed by atoms with Crippen molar-refractivity contribution in [2.75, 3.05) is 0 Å². The van der Waals surface area contributed by atoms with Crippen molar-refractivity contribution in [2.45, 2.75) is 17.8 Å². The van der Waals surface area contributed by atoms with Crippen molar-refractivity contribution in [3.05, 3.63) is 80.0 Å². The van der Waals surface area contributed by atoms with Gasteiger partial charge in [-0.2, -0.15) is 0 Å². The Kier molecular flexibility index (Phi) is 4.76. The monoisotopic (exact) mass is 397 g/mol. The van der Waals surface area contributed by atoms with Gasteiger partial charge in [0.2, 0.25) is 0 Å². The number of aromatic nitrogens is 3. The van der Waals surface area contributed by atoms with Gasteiger partial charge in [0.25, 0.3) is 5.56 Å². The number of hydrogen-bond acceptors (Lipinski definition) is 5. The zero-order chi connectivity index (χ0) is 18.1. The topological polar surface area (TPSA) is 50.7 Å². The first-order valence-electron chi connectivity index (χ1n) is 8.01. The van der Waals surface area contributed by atoms with Gasteiger partial charge in [-0.15, -0.1) is 0 Å². The highest BCUT2D eigenvalue weighted by Crippen LogP contribution is 2.25. The Hall–Kier alpha value is -2.22. The lowest BCUT2D eigenvalue weighted by molar-refractivity contribution is 0.943. The average Bonchev–Trinajstić information content (AvgIpc) is 2.98. The smallest absolute Gasteiger partial charge is 0.271 e. The van der Waals surface area contributed by atoms with Crippen LogP contribution >= 0.6 is 35.3 Å². The molecule has 0 aliphatic carbocycles. The Morgan fingerprint density at radius 1 is 1.15 bits per heavy atom. The molecule has 26 heavy (non-hydrogen) atoms. The van der Waals surface area contributed by atoms with E-state index in [2.05, 4.69) is 41.2 Å². The van der Waals surface area contributed by atoms with Gasteiger partial charge in [0.15, 0.2) is 14.8 Å². The maximum absolute atomic E-state index is 12.5. The van der Waals surface area contributed by atoms with Crippen molar-refractivity contribution in [2.24, 2.45) is 0 Å². The van der Waals surface area contributed by atoms with Gasteiger partial charge in [0, 0.05) is 11.4 Å². The molecule has 4 rings (SSSR count). The summed E-state index contributed by atoms with van der Waals surface area (Å²) in [5.74, 6) is 0.741. The van der Waals surface area contributed by atoms with Crippen LogP contribution in [0.15, 0.2) is 64.5 Å². The molecule has 4 aromatic rings. The molecule has 0 aliphatic rings. The highest BCUT2D eigenvalue weighted by Gasteiger charge is 2.13. The second kappa shape index (κ2) is 7.19. The van der Waals surface area contributed by atoms with E-state index in [1.165, 1.54) is 34.2 Å². The van der Waals surface area contributed by atoms with Crippen LogP contribution in [0, 0.1) is 10.9 Å². The molecule has 0 radical (unpaired) electrons. The van der Waals surface area contributed by atoms with Crippen LogP contribution in [0.4, 0.5) is 0 Å². The minimum Gasteiger partial charge on any atom is -0.300 e. The lowest BCUT2D eigenvalue weighted by Crippen LogP contribution is -2.09. The summed E-state index contributed by atoms with van der Waals surface area (Å²) in [6.07, 6.45) is 0. The highest BCUT2D eigenvalue weighted by molar-refractivity contribution is 7.98. The molecule has 1 N–H and O–H groups in total. The van der Waals surface area contributed by atoms with Crippen LogP contribution in [0.25, 0.3) is 16.0 Å². The van der Waals surface area contributed by atoms with Crippen LogP contribution in [-0.2, 0) is 5.75 Å². The number of nitrogens with zero attached hydrogens (tertiary/aromatic N) is 2. The Morgan fingerprint density at radius 2 is 1.88 bits per heavy atom. The van der Waals surface area contributed by atoms with Crippen LogP contribution in [-0.4, -0.2) is 14.5 Å². The first-order chi connectivity index (χ1) is 12.6. The van der Waals surface area contributed by atoms with Crippen LogP contribution in [0.2, 0.25) is 0 Å². The third kappa shape index (κ3) is 3.38. The van der Waals surface area contributed by atoms with Crippen molar-refractivity contribution < 1.29 is 0 Å². The van der Waals surface area contributed by atoms with Gasteiger partial charge in [0.05, 0.1) is 0 Å². The second-order valence-electron chi connectivity index (χ2n) is 5.84. The molecule has 0 saturated carbocycles. The molecule has 2 aromatic heterocycles. The number of thiazole rings is 1. The zero-order valence-electron chi connectivity index (χ0n) is 13.9. The fourth-order valence-electron chi connectivity index (χ4n) is 2.60. The number of benzene rings is 2. The number of H-pyrrole nitrogens is 1. The first-order valence-corrected chi connectivity index (χ1v) is 10.2. The van der Waals surface area contributed by atoms with Crippen LogP contribution < -0.4 is 5.56 Å². The number of aryl methyl sites for hydroxylation is 1. The van der Waals surface area contributed by atoms with E-state index in [1.807, 2.05) is 34.9 Å². The molecule has 0 fully saturated rings. The van der Waals surface area contributed by atoms with Crippen LogP contribution in [0.3, 0.4) is 0 Å². The van der Waals surface area contributed by atoms with E-state index in [0.717, 1.165) is 11.4 Å². The molecular formula is C19H15N3OS3. The molecule has 0 spiro atoms.